The first-order valence-electron chi connectivity index (χ1n) is 6.69. The first-order valence-corrected chi connectivity index (χ1v) is 7.48. The van der Waals surface area contributed by atoms with Crippen LogP contribution in [0.1, 0.15) is 19.4 Å². The molecule has 1 amide bonds. The first-order chi connectivity index (χ1) is 9.85. The molecule has 0 saturated heterocycles. The van der Waals surface area contributed by atoms with Crippen molar-refractivity contribution in [2.24, 2.45) is 5.41 Å². The molecule has 0 aliphatic carbocycles. The average molecular weight is 359 g/mol. The van der Waals surface area contributed by atoms with Crippen molar-refractivity contribution in [2.75, 3.05) is 27.8 Å². The van der Waals surface area contributed by atoms with Gasteiger partial charge >= 0.3 is 0 Å². The van der Waals surface area contributed by atoms with Crippen molar-refractivity contribution in [3.8, 4) is 11.5 Å². The lowest BCUT2D eigenvalue weighted by atomic mass is 9.92. The minimum atomic E-state index is -0.456. The smallest absolute Gasteiger partial charge is 0.226 e. The number of nitrogens with one attached hydrogen (secondary N) is 2. The van der Waals surface area contributed by atoms with Gasteiger partial charge in [-0.05, 0) is 47.5 Å². The van der Waals surface area contributed by atoms with Crippen LogP contribution in [0.25, 0.3) is 0 Å². The van der Waals surface area contributed by atoms with Gasteiger partial charge in [-0.2, -0.15) is 0 Å². The van der Waals surface area contributed by atoms with Crippen molar-refractivity contribution in [1.29, 1.82) is 0 Å². The molecule has 5 nitrogen and oxygen atoms in total. The van der Waals surface area contributed by atoms with Crippen LogP contribution < -0.4 is 20.1 Å². The Morgan fingerprint density at radius 3 is 2.48 bits per heavy atom. The molecule has 1 aromatic carbocycles. The van der Waals surface area contributed by atoms with Gasteiger partial charge < -0.3 is 20.1 Å². The summed E-state index contributed by atoms with van der Waals surface area (Å²) in [6.07, 6.45) is 0. The lowest BCUT2D eigenvalue weighted by Gasteiger charge is -2.23. The zero-order chi connectivity index (χ0) is 16.0. The number of halogens is 1. The fraction of sp³-hybridized carbons (Fsp3) is 0.533. The Kier molecular flexibility index (Phi) is 6.48. The summed E-state index contributed by atoms with van der Waals surface area (Å²) in [5, 5.41) is 5.97. The number of hydrogen-bond acceptors (Lipinski definition) is 4. The van der Waals surface area contributed by atoms with Crippen LogP contribution in [0.2, 0.25) is 0 Å². The molecule has 0 saturated carbocycles. The quantitative estimate of drug-likeness (QED) is 0.785. The first kappa shape index (κ1) is 17.8. The second-order valence-electron chi connectivity index (χ2n) is 5.38. The maximum absolute atomic E-state index is 11.7. The number of hydrogen-bond donors (Lipinski definition) is 2. The van der Waals surface area contributed by atoms with Gasteiger partial charge in [0, 0.05) is 20.1 Å². The molecule has 0 aliphatic rings. The van der Waals surface area contributed by atoms with Gasteiger partial charge in [-0.25, -0.2) is 0 Å². The Bertz CT molecular complexity index is 504. The molecule has 2 N–H and O–H groups in total. The van der Waals surface area contributed by atoms with Gasteiger partial charge in [0.1, 0.15) is 0 Å². The third-order valence-electron chi connectivity index (χ3n) is 3.23. The highest BCUT2D eigenvalue weighted by atomic mass is 79.9. The van der Waals surface area contributed by atoms with Crippen LogP contribution in [0, 0.1) is 5.41 Å². The maximum atomic E-state index is 11.7. The number of methoxy groups -OCH3 is 2. The lowest BCUT2D eigenvalue weighted by Crippen LogP contribution is -2.41. The zero-order valence-electron chi connectivity index (χ0n) is 13.2. The molecule has 0 spiro atoms. The summed E-state index contributed by atoms with van der Waals surface area (Å²) in [4.78, 5) is 11.7. The third kappa shape index (κ3) is 4.61. The van der Waals surface area contributed by atoms with E-state index >= 15 is 0 Å². The van der Waals surface area contributed by atoms with E-state index in [1.54, 1.807) is 21.3 Å². The standard InChI is InChI=1S/C15H23BrN2O3/c1-15(2,14(19)17-3)9-18-8-10-6-11(16)13(21-5)12(7-10)20-4/h6-7,18H,8-9H2,1-5H3,(H,17,19). The van der Waals surface area contributed by atoms with Gasteiger partial charge in [-0.15, -0.1) is 0 Å². The van der Waals surface area contributed by atoms with E-state index in [9.17, 15) is 4.79 Å². The lowest BCUT2D eigenvalue weighted by molar-refractivity contribution is -0.128. The van der Waals surface area contributed by atoms with Crippen molar-refractivity contribution in [1.82, 2.24) is 10.6 Å². The van der Waals surface area contributed by atoms with Gasteiger partial charge in [0.05, 0.1) is 24.1 Å². The molecule has 1 rings (SSSR count). The van der Waals surface area contributed by atoms with Crippen molar-refractivity contribution in [3.05, 3.63) is 22.2 Å². The largest absolute Gasteiger partial charge is 0.493 e. The van der Waals surface area contributed by atoms with E-state index in [0.29, 0.717) is 24.6 Å². The maximum Gasteiger partial charge on any atom is 0.226 e. The predicted octanol–water partition coefficient (Wildman–Crippen LogP) is 2.33. The summed E-state index contributed by atoms with van der Waals surface area (Å²) in [5.74, 6) is 1.37. The molecular formula is C15H23BrN2O3. The molecule has 0 radical (unpaired) electrons. The number of carbonyl (C=O) groups is 1. The number of ether oxygens (including phenoxy) is 2. The highest BCUT2D eigenvalue weighted by Crippen LogP contribution is 2.36. The Balaban J connectivity index is 2.73. The molecule has 0 aromatic heterocycles. The van der Waals surface area contributed by atoms with Crippen LogP contribution in [0.4, 0.5) is 0 Å². The van der Waals surface area contributed by atoms with E-state index in [1.165, 1.54) is 0 Å². The van der Waals surface area contributed by atoms with Crippen molar-refractivity contribution < 1.29 is 14.3 Å². The second-order valence-corrected chi connectivity index (χ2v) is 6.23. The highest BCUT2D eigenvalue weighted by Gasteiger charge is 2.25. The van der Waals surface area contributed by atoms with Crippen LogP contribution in [-0.2, 0) is 11.3 Å². The molecule has 118 valence electrons. The molecule has 6 heteroatoms. The summed E-state index contributed by atoms with van der Waals surface area (Å²) < 4.78 is 11.4. The highest BCUT2D eigenvalue weighted by molar-refractivity contribution is 9.10. The van der Waals surface area contributed by atoms with Gasteiger partial charge in [0.25, 0.3) is 0 Å². The van der Waals surface area contributed by atoms with E-state index in [-0.39, 0.29) is 5.91 Å². The molecule has 0 fully saturated rings. The van der Waals surface area contributed by atoms with Crippen LogP contribution in [0.15, 0.2) is 16.6 Å². The summed E-state index contributed by atoms with van der Waals surface area (Å²) in [6.45, 7) is 5.03. The minimum absolute atomic E-state index is 0.0171. The molecule has 0 unspecified atom stereocenters. The zero-order valence-corrected chi connectivity index (χ0v) is 14.8. The summed E-state index contributed by atoms with van der Waals surface area (Å²) in [7, 11) is 4.86. The Morgan fingerprint density at radius 2 is 1.95 bits per heavy atom. The Hall–Kier alpha value is -1.27. The van der Waals surface area contributed by atoms with Crippen LogP contribution in [0.3, 0.4) is 0 Å². The van der Waals surface area contributed by atoms with Gasteiger partial charge in [0.15, 0.2) is 11.5 Å². The van der Waals surface area contributed by atoms with Crippen molar-refractivity contribution in [3.63, 3.8) is 0 Å². The number of carbonyl (C=O) groups excluding carboxylic acids is 1. The van der Waals surface area contributed by atoms with Crippen LogP contribution in [0.5, 0.6) is 11.5 Å². The normalized spacial score (nSPS) is 11.1. The molecular weight excluding hydrogens is 336 g/mol. The molecule has 0 heterocycles. The predicted molar refractivity (Wildman–Crippen MR) is 86.8 cm³/mol. The number of rotatable bonds is 7. The molecule has 0 atom stereocenters. The van der Waals surface area contributed by atoms with E-state index in [2.05, 4.69) is 26.6 Å². The molecule has 1 aromatic rings. The third-order valence-corrected chi connectivity index (χ3v) is 3.82. The monoisotopic (exact) mass is 358 g/mol. The van der Waals surface area contributed by atoms with Gasteiger partial charge in [0.2, 0.25) is 5.91 Å². The van der Waals surface area contributed by atoms with E-state index in [1.807, 2.05) is 26.0 Å². The fourth-order valence-electron chi connectivity index (χ4n) is 2.01. The van der Waals surface area contributed by atoms with E-state index < -0.39 is 5.41 Å². The van der Waals surface area contributed by atoms with Gasteiger partial charge in [-0.1, -0.05) is 0 Å². The minimum Gasteiger partial charge on any atom is -0.493 e. The van der Waals surface area contributed by atoms with Gasteiger partial charge in [-0.3, -0.25) is 4.79 Å². The number of benzene rings is 1. The Morgan fingerprint density at radius 1 is 1.29 bits per heavy atom. The average Bonchev–Trinajstić information content (AvgIpc) is 2.45. The molecule has 0 aliphatic heterocycles. The summed E-state index contributed by atoms with van der Waals surface area (Å²) >= 11 is 3.47. The molecule has 21 heavy (non-hydrogen) atoms. The van der Waals surface area contributed by atoms with Crippen molar-refractivity contribution in [2.45, 2.75) is 20.4 Å². The van der Waals surface area contributed by atoms with Crippen LogP contribution >= 0.6 is 15.9 Å². The Labute approximate surface area is 134 Å². The van der Waals surface area contributed by atoms with E-state index in [4.69, 9.17) is 9.47 Å². The summed E-state index contributed by atoms with van der Waals surface area (Å²) in [5.41, 5.74) is 0.593. The fourth-order valence-corrected chi connectivity index (χ4v) is 2.66. The topological polar surface area (TPSA) is 59.6 Å². The summed E-state index contributed by atoms with van der Waals surface area (Å²) in [6, 6.07) is 3.89. The van der Waals surface area contributed by atoms with E-state index in [0.717, 1.165) is 10.0 Å². The number of amides is 1. The van der Waals surface area contributed by atoms with Crippen molar-refractivity contribution >= 4 is 21.8 Å². The molecule has 0 bridgehead atoms. The second kappa shape index (κ2) is 7.66. The SMILES string of the molecule is CNC(=O)C(C)(C)CNCc1cc(Br)c(OC)c(OC)c1. The van der Waals surface area contributed by atoms with Crippen LogP contribution in [-0.4, -0.2) is 33.7 Å².